The number of carbonyl (C=O) groups excluding carboxylic acids is 2. The number of nitrogens with one attached hydrogen (secondary N) is 1. The van der Waals surface area contributed by atoms with Crippen LogP contribution < -0.4 is 5.32 Å². The smallest absolute Gasteiger partial charge is 0.430 e. The van der Waals surface area contributed by atoms with Crippen LogP contribution in [0.1, 0.15) is 0 Å². The van der Waals surface area contributed by atoms with E-state index in [2.05, 4.69) is 4.74 Å². The van der Waals surface area contributed by atoms with Crippen LogP contribution in [0.15, 0.2) is 18.2 Å². The molecule has 0 aliphatic heterocycles. The predicted octanol–water partition coefficient (Wildman–Crippen LogP) is 3.01. The first kappa shape index (κ1) is 19.8. The monoisotopic (exact) mass is 393 g/mol. The zero-order valence-corrected chi connectivity index (χ0v) is 13.5. The molecule has 0 fully saturated rings. The molecule has 0 bridgehead atoms. The summed E-state index contributed by atoms with van der Waals surface area (Å²) in [6, 6.07) is 3.66. The molecule has 1 amide bonds. The highest BCUT2D eigenvalue weighted by Crippen LogP contribution is 2.37. The van der Waals surface area contributed by atoms with Crippen molar-refractivity contribution >= 4 is 52.4 Å². The molecule has 2 atom stereocenters. The van der Waals surface area contributed by atoms with Gasteiger partial charge in [0.15, 0.2) is 5.38 Å². The second-order valence-corrected chi connectivity index (χ2v) is 5.49. The largest absolute Gasteiger partial charge is 0.467 e. The fraction of sp³-hybridized carbons (Fsp3) is 0.333. The van der Waals surface area contributed by atoms with Crippen molar-refractivity contribution in [1.29, 1.82) is 0 Å². The van der Waals surface area contributed by atoms with Gasteiger partial charge < -0.3 is 15.2 Å². The molecule has 0 unspecified atom stereocenters. The number of esters is 1. The maximum absolute atomic E-state index is 13.0. The lowest BCUT2D eigenvalue weighted by atomic mass is 9.98. The van der Waals surface area contributed by atoms with Gasteiger partial charge in [-0.3, -0.25) is 4.79 Å². The van der Waals surface area contributed by atoms with E-state index in [4.69, 9.17) is 34.8 Å². The number of ether oxygens (including phenoxy) is 1. The van der Waals surface area contributed by atoms with Crippen molar-refractivity contribution in [3.8, 4) is 0 Å². The van der Waals surface area contributed by atoms with E-state index in [9.17, 15) is 27.9 Å². The molecular formula is C12H9Cl3F3NO4. The van der Waals surface area contributed by atoms with E-state index in [1.165, 1.54) is 12.1 Å². The van der Waals surface area contributed by atoms with Gasteiger partial charge in [-0.15, -0.1) is 11.6 Å². The first-order valence-electron chi connectivity index (χ1n) is 5.72. The maximum Gasteiger partial charge on any atom is 0.430 e. The minimum Gasteiger partial charge on any atom is -0.467 e. The zero-order valence-electron chi connectivity index (χ0n) is 11.2. The first-order chi connectivity index (χ1) is 10.4. The highest BCUT2D eigenvalue weighted by atomic mass is 35.5. The van der Waals surface area contributed by atoms with Crippen molar-refractivity contribution in [2.24, 2.45) is 0 Å². The third-order valence-corrected chi connectivity index (χ3v) is 3.97. The van der Waals surface area contributed by atoms with Crippen molar-refractivity contribution in [2.45, 2.75) is 17.2 Å². The van der Waals surface area contributed by atoms with Gasteiger partial charge in [-0.05, 0) is 18.2 Å². The van der Waals surface area contributed by atoms with Crippen LogP contribution in [-0.2, 0) is 14.3 Å². The molecule has 1 rings (SSSR count). The molecule has 11 heteroatoms. The van der Waals surface area contributed by atoms with Gasteiger partial charge in [0.2, 0.25) is 5.91 Å². The van der Waals surface area contributed by atoms with Gasteiger partial charge in [-0.1, -0.05) is 23.2 Å². The molecule has 128 valence electrons. The average molecular weight is 395 g/mol. The molecular weight excluding hydrogens is 385 g/mol. The number of benzene rings is 1. The number of alkyl halides is 4. The minimum absolute atomic E-state index is 0.0228. The highest BCUT2D eigenvalue weighted by Gasteiger charge is 2.67. The Balaban J connectivity index is 3.09. The fourth-order valence-electron chi connectivity index (χ4n) is 1.49. The Labute approximate surface area is 143 Å². The normalized spacial score (nSPS) is 15.5. The van der Waals surface area contributed by atoms with E-state index < -0.39 is 29.0 Å². The minimum atomic E-state index is -5.54. The summed E-state index contributed by atoms with van der Waals surface area (Å²) < 4.78 is 42.7. The molecule has 23 heavy (non-hydrogen) atoms. The number of amides is 1. The zero-order chi connectivity index (χ0) is 18.0. The molecule has 0 aliphatic carbocycles. The Morgan fingerprint density at radius 2 is 1.83 bits per heavy atom. The number of aliphatic hydroxyl groups is 1. The Morgan fingerprint density at radius 3 is 2.26 bits per heavy atom. The van der Waals surface area contributed by atoms with Gasteiger partial charge in [-0.2, -0.15) is 13.2 Å². The van der Waals surface area contributed by atoms with E-state index in [0.717, 1.165) is 6.07 Å². The lowest BCUT2D eigenvalue weighted by Gasteiger charge is -2.30. The van der Waals surface area contributed by atoms with Crippen LogP contribution in [0.4, 0.5) is 18.9 Å². The number of hydrogen-bond acceptors (Lipinski definition) is 4. The topological polar surface area (TPSA) is 75.6 Å². The average Bonchev–Trinajstić information content (AvgIpc) is 2.47. The van der Waals surface area contributed by atoms with Gasteiger partial charge in [-0.25, -0.2) is 4.79 Å². The Morgan fingerprint density at radius 1 is 1.26 bits per heavy atom. The Kier molecular flexibility index (Phi) is 6.14. The molecule has 2 N–H and O–H groups in total. The summed E-state index contributed by atoms with van der Waals surface area (Å²) in [5.74, 6) is -3.61. The molecule has 0 heterocycles. The number of carbonyl (C=O) groups is 2. The number of halogens is 6. The molecule has 0 radical (unpaired) electrons. The lowest BCUT2D eigenvalue weighted by Crippen LogP contribution is -2.62. The van der Waals surface area contributed by atoms with Crippen molar-refractivity contribution in [3.05, 3.63) is 28.2 Å². The summed E-state index contributed by atoms with van der Waals surface area (Å²) in [7, 11) is 0.611. The van der Waals surface area contributed by atoms with Gasteiger partial charge in [0.1, 0.15) is 0 Å². The van der Waals surface area contributed by atoms with E-state index in [1.54, 1.807) is 0 Å². The van der Waals surface area contributed by atoms with Gasteiger partial charge in [0, 0.05) is 5.69 Å². The van der Waals surface area contributed by atoms with Crippen LogP contribution in [0.25, 0.3) is 0 Å². The second kappa shape index (κ2) is 7.12. The SMILES string of the molecule is COC(=O)[C@@](O)([C@@H](Cl)C(=O)Nc1ccc(Cl)c(Cl)c1)C(F)(F)F. The summed E-state index contributed by atoms with van der Waals surface area (Å²) >= 11 is 16.7. The van der Waals surface area contributed by atoms with Crippen LogP contribution in [-0.4, -0.2) is 41.2 Å². The van der Waals surface area contributed by atoms with Crippen LogP contribution >= 0.6 is 34.8 Å². The van der Waals surface area contributed by atoms with Gasteiger partial charge in [0.05, 0.1) is 17.2 Å². The van der Waals surface area contributed by atoms with Crippen molar-refractivity contribution in [3.63, 3.8) is 0 Å². The highest BCUT2D eigenvalue weighted by molar-refractivity contribution is 6.42. The molecule has 1 aromatic rings. The fourth-order valence-corrected chi connectivity index (χ4v) is 2.05. The second-order valence-electron chi connectivity index (χ2n) is 4.24. The van der Waals surface area contributed by atoms with E-state index >= 15 is 0 Å². The molecule has 0 saturated carbocycles. The summed E-state index contributed by atoms with van der Waals surface area (Å²) in [6.45, 7) is 0. The number of rotatable bonds is 4. The van der Waals surface area contributed by atoms with Crippen LogP contribution in [0.5, 0.6) is 0 Å². The Hall–Kier alpha value is -1.22. The molecule has 5 nitrogen and oxygen atoms in total. The first-order valence-corrected chi connectivity index (χ1v) is 6.92. The molecule has 0 spiro atoms. The van der Waals surface area contributed by atoms with Crippen molar-refractivity contribution in [1.82, 2.24) is 0 Å². The van der Waals surface area contributed by atoms with E-state index in [0.29, 0.717) is 7.11 Å². The third kappa shape index (κ3) is 4.00. The van der Waals surface area contributed by atoms with E-state index in [1.807, 2.05) is 5.32 Å². The summed E-state index contributed by atoms with van der Waals surface area (Å²) in [6.07, 6.45) is -5.54. The van der Waals surface area contributed by atoms with Gasteiger partial charge in [0.25, 0.3) is 5.60 Å². The lowest BCUT2D eigenvalue weighted by molar-refractivity contribution is -0.260. The summed E-state index contributed by atoms with van der Waals surface area (Å²) in [5.41, 5.74) is -4.26. The summed E-state index contributed by atoms with van der Waals surface area (Å²) in [4.78, 5) is 23.1. The molecule has 1 aromatic carbocycles. The van der Waals surface area contributed by atoms with Crippen molar-refractivity contribution < 1.29 is 32.6 Å². The summed E-state index contributed by atoms with van der Waals surface area (Å²) in [5, 5.41) is 9.04. The number of hydrogen-bond donors (Lipinski definition) is 2. The molecule has 0 saturated heterocycles. The maximum atomic E-state index is 13.0. The predicted molar refractivity (Wildman–Crippen MR) is 77.8 cm³/mol. The quantitative estimate of drug-likeness (QED) is 0.608. The number of methoxy groups -OCH3 is 1. The van der Waals surface area contributed by atoms with Crippen LogP contribution in [0.2, 0.25) is 10.0 Å². The number of anilines is 1. The standard InChI is InChI=1S/C12H9Cl3F3NO4/c1-23-10(21)11(22,12(16,17)18)8(15)9(20)19-5-2-3-6(13)7(14)4-5/h2-4,8,22H,1H3,(H,19,20)/t8-,11-/m0/s1. The van der Waals surface area contributed by atoms with Crippen LogP contribution in [0, 0.1) is 0 Å². The van der Waals surface area contributed by atoms with E-state index in [-0.39, 0.29) is 15.7 Å². The Bertz CT molecular complexity index is 626. The molecule has 0 aliphatic rings. The van der Waals surface area contributed by atoms with Gasteiger partial charge >= 0.3 is 12.1 Å². The molecule has 0 aromatic heterocycles. The van der Waals surface area contributed by atoms with Crippen molar-refractivity contribution in [2.75, 3.05) is 12.4 Å². The van der Waals surface area contributed by atoms with Crippen LogP contribution in [0.3, 0.4) is 0 Å². The third-order valence-electron chi connectivity index (χ3n) is 2.71.